The molecule has 1 aromatic carbocycles. The second-order valence-electron chi connectivity index (χ2n) is 7.83. The van der Waals surface area contributed by atoms with Crippen molar-refractivity contribution in [1.29, 1.82) is 0 Å². The van der Waals surface area contributed by atoms with E-state index in [4.69, 9.17) is 14.5 Å². The number of ether oxygens (including phenoxy) is 2. The third-order valence-corrected chi connectivity index (χ3v) is 5.86. The molecule has 6 nitrogen and oxygen atoms in total. The average Bonchev–Trinajstić information content (AvgIpc) is 3.08. The largest absolute Gasteiger partial charge is 0.493 e. The number of aryl methyl sites for hydroxylation is 2. The lowest BCUT2D eigenvalue weighted by Gasteiger charge is -2.34. The second-order valence-corrected chi connectivity index (χ2v) is 7.83. The van der Waals surface area contributed by atoms with Gasteiger partial charge in [0.2, 0.25) is 0 Å². The second kappa shape index (κ2) is 7.00. The third kappa shape index (κ3) is 3.17. The molecule has 1 saturated heterocycles. The van der Waals surface area contributed by atoms with Crippen LogP contribution in [0.1, 0.15) is 46.4 Å². The maximum absolute atomic E-state index is 11.8. The smallest absolute Gasteiger partial charge is 0.253 e. The molecule has 6 heteroatoms. The molecule has 0 atom stereocenters. The molecular weight excluding hydrogens is 354 g/mol. The van der Waals surface area contributed by atoms with Crippen molar-refractivity contribution >= 4 is 11.7 Å². The molecule has 3 aliphatic heterocycles. The molecule has 0 radical (unpaired) electrons. The summed E-state index contributed by atoms with van der Waals surface area (Å²) in [5.41, 5.74) is 3.91. The topological polar surface area (TPSA) is 63.7 Å². The van der Waals surface area contributed by atoms with Crippen LogP contribution in [0.4, 0.5) is 5.82 Å². The zero-order chi connectivity index (χ0) is 19.1. The molecule has 0 aliphatic carbocycles. The summed E-state index contributed by atoms with van der Waals surface area (Å²) in [6.45, 7) is 5.16. The Bertz CT molecular complexity index is 919. The van der Waals surface area contributed by atoms with Crippen LogP contribution < -0.4 is 19.7 Å². The van der Waals surface area contributed by atoms with E-state index in [-0.39, 0.29) is 12.0 Å². The standard InChI is InChI=1S/C22H25N3O3/c1-14-11-18-19(13-23-22(18)26)24-21(14)25-8-6-16(7-9-25)28-17-5-4-15-3-2-10-27-20(15)12-17/h4-5,11-12,16H,2-3,6-10,13H2,1H3,(H,23,26). The number of nitrogens with zero attached hydrogens (tertiary/aromatic N) is 2. The summed E-state index contributed by atoms with van der Waals surface area (Å²) < 4.78 is 12.0. The molecule has 146 valence electrons. The summed E-state index contributed by atoms with van der Waals surface area (Å²) in [5.74, 6) is 2.85. The van der Waals surface area contributed by atoms with Crippen molar-refractivity contribution < 1.29 is 14.3 Å². The molecule has 28 heavy (non-hydrogen) atoms. The van der Waals surface area contributed by atoms with Crippen molar-refractivity contribution in [3.63, 3.8) is 0 Å². The lowest BCUT2D eigenvalue weighted by Crippen LogP contribution is -2.39. The fourth-order valence-corrected chi connectivity index (χ4v) is 4.32. The van der Waals surface area contributed by atoms with Crippen LogP contribution >= 0.6 is 0 Å². The van der Waals surface area contributed by atoms with Gasteiger partial charge in [0.15, 0.2) is 0 Å². The van der Waals surface area contributed by atoms with E-state index in [9.17, 15) is 4.79 Å². The molecule has 4 heterocycles. The number of fused-ring (bicyclic) bond motifs is 2. The number of pyridine rings is 1. The number of hydrogen-bond acceptors (Lipinski definition) is 5. The number of amides is 1. The van der Waals surface area contributed by atoms with E-state index in [1.165, 1.54) is 5.56 Å². The molecule has 3 aliphatic rings. The Morgan fingerprint density at radius 3 is 2.96 bits per heavy atom. The van der Waals surface area contributed by atoms with Crippen molar-refractivity contribution in [2.45, 2.75) is 45.3 Å². The highest BCUT2D eigenvalue weighted by Gasteiger charge is 2.27. The van der Waals surface area contributed by atoms with Crippen molar-refractivity contribution in [2.75, 3.05) is 24.6 Å². The highest BCUT2D eigenvalue weighted by Crippen LogP contribution is 2.31. The van der Waals surface area contributed by atoms with Gasteiger partial charge < -0.3 is 19.7 Å². The first-order valence-corrected chi connectivity index (χ1v) is 10.1. The van der Waals surface area contributed by atoms with E-state index in [0.29, 0.717) is 12.1 Å². The Labute approximate surface area is 164 Å². The summed E-state index contributed by atoms with van der Waals surface area (Å²) in [6, 6.07) is 8.20. The summed E-state index contributed by atoms with van der Waals surface area (Å²) in [5, 5.41) is 2.85. The van der Waals surface area contributed by atoms with Gasteiger partial charge in [0, 0.05) is 32.0 Å². The summed E-state index contributed by atoms with van der Waals surface area (Å²) in [6.07, 6.45) is 4.28. The van der Waals surface area contributed by atoms with Crippen LogP contribution in [-0.4, -0.2) is 36.7 Å². The number of nitrogens with one attached hydrogen (secondary N) is 1. The van der Waals surface area contributed by atoms with Gasteiger partial charge in [-0.15, -0.1) is 0 Å². The monoisotopic (exact) mass is 379 g/mol. The Morgan fingerprint density at radius 1 is 1.25 bits per heavy atom. The normalized spacial score (nSPS) is 18.9. The van der Waals surface area contributed by atoms with Crippen LogP contribution in [0, 0.1) is 6.92 Å². The van der Waals surface area contributed by atoms with Crippen LogP contribution in [0.25, 0.3) is 0 Å². The number of benzene rings is 1. The first-order chi connectivity index (χ1) is 13.7. The van der Waals surface area contributed by atoms with Crippen LogP contribution in [0.3, 0.4) is 0 Å². The van der Waals surface area contributed by atoms with E-state index in [1.807, 2.05) is 19.1 Å². The van der Waals surface area contributed by atoms with Gasteiger partial charge in [0.25, 0.3) is 5.91 Å². The quantitative estimate of drug-likeness (QED) is 0.888. The molecule has 0 bridgehead atoms. The van der Waals surface area contributed by atoms with Crippen molar-refractivity contribution in [3.05, 3.63) is 46.6 Å². The number of carbonyl (C=O) groups is 1. The maximum atomic E-state index is 11.8. The number of carbonyl (C=O) groups excluding carboxylic acids is 1. The molecule has 0 spiro atoms. The molecule has 1 fully saturated rings. The van der Waals surface area contributed by atoms with Crippen LogP contribution in [0.15, 0.2) is 24.3 Å². The molecule has 5 rings (SSSR count). The van der Waals surface area contributed by atoms with Crippen molar-refractivity contribution in [3.8, 4) is 11.5 Å². The minimum absolute atomic E-state index is 0.0155. The molecular formula is C22H25N3O3. The van der Waals surface area contributed by atoms with Gasteiger partial charge in [-0.1, -0.05) is 6.07 Å². The first kappa shape index (κ1) is 17.3. The molecule has 1 N–H and O–H groups in total. The Kier molecular flexibility index (Phi) is 4.34. The Hall–Kier alpha value is -2.76. The summed E-state index contributed by atoms with van der Waals surface area (Å²) in [4.78, 5) is 18.9. The van der Waals surface area contributed by atoms with Gasteiger partial charge >= 0.3 is 0 Å². The van der Waals surface area contributed by atoms with E-state index in [1.54, 1.807) is 0 Å². The van der Waals surface area contributed by atoms with E-state index < -0.39 is 0 Å². The van der Waals surface area contributed by atoms with Crippen molar-refractivity contribution in [2.24, 2.45) is 0 Å². The van der Waals surface area contributed by atoms with Crippen LogP contribution in [0.5, 0.6) is 11.5 Å². The van der Waals surface area contributed by atoms with Crippen molar-refractivity contribution in [1.82, 2.24) is 10.3 Å². The Balaban J connectivity index is 1.24. The SMILES string of the molecule is Cc1cc2c(nc1N1CCC(Oc3ccc4c(c3)OCCC4)CC1)CNC2=O. The number of anilines is 1. The van der Waals surface area contributed by atoms with Gasteiger partial charge in [-0.05, 0) is 43.0 Å². The minimum Gasteiger partial charge on any atom is -0.493 e. The van der Waals surface area contributed by atoms with Crippen LogP contribution in [0.2, 0.25) is 0 Å². The maximum Gasteiger partial charge on any atom is 0.253 e. The summed E-state index contributed by atoms with van der Waals surface area (Å²) >= 11 is 0. The number of rotatable bonds is 3. The third-order valence-electron chi connectivity index (χ3n) is 5.86. The highest BCUT2D eigenvalue weighted by atomic mass is 16.5. The van der Waals surface area contributed by atoms with Gasteiger partial charge in [0.1, 0.15) is 23.4 Å². The molecule has 1 amide bonds. The first-order valence-electron chi connectivity index (χ1n) is 10.1. The van der Waals surface area contributed by atoms with Gasteiger partial charge in [-0.2, -0.15) is 0 Å². The van der Waals surface area contributed by atoms with E-state index in [0.717, 1.165) is 74.0 Å². The zero-order valence-electron chi connectivity index (χ0n) is 16.2. The lowest BCUT2D eigenvalue weighted by atomic mass is 10.0. The molecule has 0 unspecified atom stereocenters. The zero-order valence-corrected chi connectivity index (χ0v) is 16.2. The Morgan fingerprint density at radius 2 is 2.11 bits per heavy atom. The summed E-state index contributed by atoms with van der Waals surface area (Å²) in [7, 11) is 0. The predicted molar refractivity (Wildman–Crippen MR) is 106 cm³/mol. The van der Waals surface area contributed by atoms with Gasteiger partial charge in [-0.3, -0.25) is 4.79 Å². The predicted octanol–water partition coefficient (Wildman–Crippen LogP) is 3.01. The van der Waals surface area contributed by atoms with Crippen LogP contribution in [-0.2, 0) is 13.0 Å². The average molecular weight is 379 g/mol. The molecule has 0 saturated carbocycles. The molecule has 2 aromatic rings. The highest BCUT2D eigenvalue weighted by molar-refractivity contribution is 5.98. The lowest BCUT2D eigenvalue weighted by molar-refractivity contribution is 0.0965. The van der Waals surface area contributed by atoms with Gasteiger partial charge in [-0.25, -0.2) is 4.98 Å². The number of aromatic nitrogens is 1. The fraction of sp³-hybridized carbons (Fsp3) is 0.455. The number of hydrogen-bond donors (Lipinski definition) is 1. The number of piperidine rings is 1. The van der Waals surface area contributed by atoms with Gasteiger partial charge in [0.05, 0.1) is 24.4 Å². The minimum atomic E-state index is -0.0155. The van der Waals surface area contributed by atoms with E-state index >= 15 is 0 Å². The molecule has 1 aromatic heterocycles. The fourth-order valence-electron chi connectivity index (χ4n) is 4.32. The van der Waals surface area contributed by atoms with E-state index in [2.05, 4.69) is 22.3 Å².